The number of phenols is 2. The molecule has 3 rings (SSSR count). The molecular weight excluding hydrogens is 366 g/mol. The van der Waals surface area contributed by atoms with Gasteiger partial charge in [0, 0.05) is 25.2 Å². The van der Waals surface area contributed by atoms with Gasteiger partial charge in [-0.3, -0.25) is 0 Å². The van der Waals surface area contributed by atoms with Gasteiger partial charge in [0.05, 0.1) is 13.2 Å². The minimum absolute atomic E-state index is 0.171. The number of rotatable bonds is 8. The molecule has 0 spiro atoms. The Morgan fingerprint density at radius 2 is 1.96 bits per heavy atom. The number of nitrogens with one attached hydrogen (secondary N) is 2. The summed E-state index contributed by atoms with van der Waals surface area (Å²) in [5.41, 5.74) is 1.46. The summed E-state index contributed by atoms with van der Waals surface area (Å²) in [5.74, 6) is 0.302. The number of aromatic nitrogens is 5. The number of aryl methyl sites for hydroxylation is 1. The van der Waals surface area contributed by atoms with Gasteiger partial charge in [0.2, 0.25) is 11.7 Å². The zero-order chi connectivity index (χ0) is 20.3. The third kappa shape index (κ3) is 3.83. The van der Waals surface area contributed by atoms with Crippen LogP contribution in [-0.2, 0) is 13.1 Å². The van der Waals surface area contributed by atoms with Gasteiger partial charge in [-0.2, -0.15) is 9.97 Å². The third-order valence-electron chi connectivity index (χ3n) is 4.08. The van der Waals surface area contributed by atoms with Crippen molar-refractivity contribution in [1.82, 2.24) is 25.0 Å². The lowest BCUT2D eigenvalue weighted by atomic mass is 10.1. The highest BCUT2D eigenvalue weighted by molar-refractivity contribution is 5.83. The SMILES string of the molecule is CCn1nnc2c(NCc3ccc(OC)c(O)c3O)nc(NCC(C)O)nc21. The molecule has 0 amide bonds. The average molecular weight is 389 g/mol. The molecule has 1 unspecified atom stereocenters. The van der Waals surface area contributed by atoms with Gasteiger partial charge in [-0.05, 0) is 26.0 Å². The molecule has 1 aromatic carbocycles. The van der Waals surface area contributed by atoms with E-state index in [1.165, 1.54) is 7.11 Å². The number of methoxy groups -OCH3 is 1. The summed E-state index contributed by atoms with van der Waals surface area (Å²) >= 11 is 0. The van der Waals surface area contributed by atoms with Gasteiger partial charge in [0.1, 0.15) is 0 Å². The Hall–Kier alpha value is -3.34. The van der Waals surface area contributed by atoms with Crippen molar-refractivity contribution in [1.29, 1.82) is 0 Å². The molecule has 28 heavy (non-hydrogen) atoms. The van der Waals surface area contributed by atoms with Gasteiger partial charge < -0.3 is 30.7 Å². The second-order valence-corrected chi connectivity index (χ2v) is 6.18. The Bertz CT molecular complexity index is 974. The Morgan fingerprint density at radius 3 is 2.64 bits per heavy atom. The Kier molecular flexibility index (Phi) is 5.64. The molecule has 11 nitrogen and oxygen atoms in total. The van der Waals surface area contributed by atoms with Gasteiger partial charge >= 0.3 is 0 Å². The summed E-state index contributed by atoms with van der Waals surface area (Å²) in [6.45, 7) is 4.61. The smallest absolute Gasteiger partial charge is 0.226 e. The van der Waals surface area contributed by atoms with Crippen LogP contribution in [0.1, 0.15) is 19.4 Å². The summed E-state index contributed by atoms with van der Waals surface area (Å²) in [7, 11) is 1.41. The standard InChI is InChI=1S/C17H23N7O4/c1-4-24-16-12(22-23-24)15(20-17(21-16)19-7-9(2)25)18-8-10-5-6-11(28-3)14(27)13(10)26/h5-6,9,25-27H,4,7-8H2,1-3H3,(H2,18,19,20,21). The van der Waals surface area contributed by atoms with Crippen molar-refractivity contribution in [2.75, 3.05) is 24.3 Å². The van der Waals surface area contributed by atoms with E-state index < -0.39 is 6.10 Å². The fraction of sp³-hybridized carbons (Fsp3) is 0.412. The molecule has 2 aromatic heterocycles. The van der Waals surface area contributed by atoms with Gasteiger partial charge in [0.25, 0.3) is 0 Å². The maximum Gasteiger partial charge on any atom is 0.226 e. The lowest BCUT2D eigenvalue weighted by molar-refractivity contribution is 0.208. The molecular formula is C17H23N7O4. The van der Waals surface area contributed by atoms with Crippen LogP contribution in [0.4, 0.5) is 11.8 Å². The van der Waals surface area contributed by atoms with Crippen LogP contribution in [0.2, 0.25) is 0 Å². The number of ether oxygens (including phenoxy) is 1. The van der Waals surface area contributed by atoms with E-state index in [9.17, 15) is 15.3 Å². The molecule has 0 aliphatic rings. The molecule has 0 fully saturated rings. The van der Waals surface area contributed by atoms with Gasteiger partial charge in [-0.15, -0.1) is 5.10 Å². The van der Waals surface area contributed by atoms with E-state index in [-0.39, 0.29) is 30.3 Å². The van der Waals surface area contributed by atoms with Crippen LogP contribution in [-0.4, -0.2) is 60.0 Å². The second kappa shape index (κ2) is 8.13. The van der Waals surface area contributed by atoms with Crippen LogP contribution in [0.25, 0.3) is 11.2 Å². The topological polar surface area (TPSA) is 150 Å². The van der Waals surface area contributed by atoms with Crippen molar-refractivity contribution < 1.29 is 20.1 Å². The lowest BCUT2D eigenvalue weighted by Crippen LogP contribution is -2.17. The van der Waals surface area contributed by atoms with Gasteiger partial charge in [0.15, 0.2) is 28.5 Å². The number of fused-ring (bicyclic) bond motifs is 1. The predicted molar refractivity (Wildman–Crippen MR) is 103 cm³/mol. The zero-order valence-corrected chi connectivity index (χ0v) is 15.8. The maximum absolute atomic E-state index is 10.2. The minimum atomic E-state index is -0.566. The lowest BCUT2D eigenvalue weighted by Gasteiger charge is -2.12. The first-order chi connectivity index (χ1) is 13.4. The monoisotopic (exact) mass is 389 g/mol. The molecule has 0 saturated heterocycles. The van der Waals surface area contributed by atoms with E-state index in [1.807, 2.05) is 6.92 Å². The number of hydrogen-bond donors (Lipinski definition) is 5. The fourth-order valence-electron chi connectivity index (χ4n) is 2.60. The van der Waals surface area contributed by atoms with Crippen LogP contribution in [0.3, 0.4) is 0 Å². The molecule has 1 atom stereocenters. The molecule has 3 aromatic rings. The van der Waals surface area contributed by atoms with Gasteiger partial charge in [-0.1, -0.05) is 5.21 Å². The molecule has 0 aliphatic carbocycles. The number of aliphatic hydroxyl groups excluding tert-OH is 1. The normalized spacial score (nSPS) is 12.1. The Morgan fingerprint density at radius 1 is 1.18 bits per heavy atom. The first kappa shape index (κ1) is 19.4. The molecule has 2 heterocycles. The van der Waals surface area contributed by atoms with E-state index in [1.54, 1.807) is 23.7 Å². The first-order valence-corrected chi connectivity index (χ1v) is 8.79. The van der Waals surface area contributed by atoms with E-state index in [2.05, 4.69) is 30.9 Å². The number of phenolic OH excluding ortho intramolecular Hbond substituents is 2. The Balaban J connectivity index is 1.91. The molecule has 0 radical (unpaired) electrons. The van der Waals surface area contributed by atoms with Crippen LogP contribution in [0.5, 0.6) is 17.2 Å². The number of anilines is 2. The number of nitrogens with zero attached hydrogens (tertiary/aromatic N) is 5. The Labute approximate surface area is 161 Å². The van der Waals surface area contributed by atoms with Crippen LogP contribution >= 0.6 is 0 Å². The fourth-order valence-corrected chi connectivity index (χ4v) is 2.60. The largest absolute Gasteiger partial charge is 0.504 e. The summed E-state index contributed by atoms with van der Waals surface area (Å²) < 4.78 is 6.61. The number of benzene rings is 1. The van der Waals surface area contributed by atoms with E-state index in [4.69, 9.17) is 4.74 Å². The third-order valence-corrected chi connectivity index (χ3v) is 4.08. The molecule has 0 saturated carbocycles. The number of aliphatic hydroxyl groups is 1. The van der Waals surface area contributed by atoms with Crippen molar-refractivity contribution in [2.45, 2.75) is 33.0 Å². The van der Waals surface area contributed by atoms with E-state index >= 15 is 0 Å². The first-order valence-electron chi connectivity index (χ1n) is 8.79. The second-order valence-electron chi connectivity index (χ2n) is 6.18. The van der Waals surface area contributed by atoms with Gasteiger partial charge in [-0.25, -0.2) is 4.68 Å². The quantitative estimate of drug-likeness (QED) is 0.354. The predicted octanol–water partition coefficient (Wildman–Crippen LogP) is 1.07. The van der Waals surface area contributed by atoms with Crippen molar-refractivity contribution in [3.05, 3.63) is 17.7 Å². The van der Waals surface area contributed by atoms with Crippen molar-refractivity contribution in [2.24, 2.45) is 0 Å². The zero-order valence-electron chi connectivity index (χ0n) is 15.8. The summed E-state index contributed by atoms with van der Waals surface area (Å²) in [6, 6.07) is 3.19. The van der Waals surface area contributed by atoms with Crippen LogP contribution < -0.4 is 15.4 Å². The van der Waals surface area contributed by atoms with Crippen molar-refractivity contribution in [3.8, 4) is 17.2 Å². The average Bonchev–Trinajstić information content (AvgIpc) is 3.10. The van der Waals surface area contributed by atoms with E-state index in [0.29, 0.717) is 35.0 Å². The highest BCUT2D eigenvalue weighted by Gasteiger charge is 2.16. The van der Waals surface area contributed by atoms with Crippen LogP contribution in [0, 0.1) is 0 Å². The maximum atomic E-state index is 10.2. The summed E-state index contributed by atoms with van der Waals surface area (Å²) in [6.07, 6.45) is -0.566. The molecule has 150 valence electrons. The number of hydrogen-bond acceptors (Lipinski definition) is 10. The highest BCUT2D eigenvalue weighted by atomic mass is 16.5. The minimum Gasteiger partial charge on any atom is -0.504 e. The van der Waals surface area contributed by atoms with Crippen LogP contribution in [0.15, 0.2) is 12.1 Å². The molecule has 0 bridgehead atoms. The molecule has 5 N–H and O–H groups in total. The summed E-state index contributed by atoms with van der Waals surface area (Å²) in [4.78, 5) is 8.80. The van der Waals surface area contributed by atoms with E-state index in [0.717, 1.165) is 0 Å². The molecule has 11 heteroatoms. The van der Waals surface area contributed by atoms with Crippen molar-refractivity contribution >= 4 is 22.9 Å². The summed E-state index contributed by atoms with van der Waals surface area (Å²) in [5, 5.41) is 43.9. The molecule has 0 aliphatic heterocycles. The number of aromatic hydroxyl groups is 2. The highest BCUT2D eigenvalue weighted by Crippen LogP contribution is 2.38. The van der Waals surface area contributed by atoms with Crippen molar-refractivity contribution in [3.63, 3.8) is 0 Å².